The summed E-state index contributed by atoms with van der Waals surface area (Å²) < 4.78 is 5.63. The molecule has 1 saturated heterocycles. The zero-order valence-corrected chi connectivity index (χ0v) is 10.1. The topological polar surface area (TPSA) is 33.0 Å². The fraction of sp³-hybridized carbons (Fsp3) is 0.500. The molecular weight excluding hydrogens is 198 g/mol. The Morgan fingerprint density at radius 3 is 2.81 bits per heavy atom. The van der Waals surface area contributed by atoms with Gasteiger partial charge in [-0.1, -0.05) is 30.4 Å². The van der Waals surface area contributed by atoms with E-state index in [2.05, 4.69) is 12.6 Å². The number of hydrogen-bond donors (Lipinski definition) is 0. The maximum atomic E-state index is 8.81. The van der Waals surface area contributed by atoms with Crippen molar-refractivity contribution in [2.45, 2.75) is 45.3 Å². The van der Waals surface area contributed by atoms with Gasteiger partial charge in [0.25, 0.3) is 0 Å². The van der Waals surface area contributed by atoms with Gasteiger partial charge in [-0.2, -0.15) is 5.26 Å². The second-order valence-electron chi connectivity index (χ2n) is 4.11. The summed E-state index contributed by atoms with van der Waals surface area (Å²) in [5.41, 5.74) is 2.16. The van der Waals surface area contributed by atoms with Crippen molar-refractivity contribution in [2.24, 2.45) is 0 Å². The van der Waals surface area contributed by atoms with E-state index in [1.54, 1.807) is 0 Å². The van der Waals surface area contributed by atoms with Crippen molar-refractivity contribution in [3.63, 3.8) is 0 Å². The number of nitriles is 1. The van der Waals surface area contributed by atoms with Crippen LogP contribution >= 0.6 is 0 Å². The minimum atomic E-state index is -0.258. The Bertz CT molecular complexity index is 346. The SMILES string of the molecule is C=C(C=CC(C)=CC)C1CCCC(C#N)O1. The van der Waals surface area contributed by atoms with Crippen molar-refractivity contribution in [3.05, 3.63) is 36.0 Å². The standard InChI is InChI=1S/C14H19NO/c1-4-11(2)8-9-12(3)14-7-5-6-13(10-15)16-14/h4,8-9,13-14H,3,5-7H2,1-2H3. The second kappa shape index (κ2) is 6.30. The molecule has 0 amide bonds. The van der Waals surface area contributed by atoms with Gasteiger partial charge >= 0.3 is 0 Å². The lowest BCUT2D eigenvalue weighted by atomic mass is 9.99. The van der Waals surface area contributed by atoms with Crippen molar-refractivity contribution >= 4 is 0 Å². The van der Waals surface area contributed by atoms with Crippen LogP contribution in [0.1, 0.15) is 33.1 Å². The van der Waals surface area contributed by atoms with Gasteiger partial charge in [-0.15, -0.1) is 0 Å². The average Bonchev–Trinajstić information content (AvgIpc) is 2.35. The Balaban J connectivity index is 2.55. The molecule has 1 fully saturated rings. The number of ether oxygens (including phenoxy) is 1. The number of rotatable bonds is 3. The summed E-state index contributed by atoms with van der Waals surface area (Å²) in [7, 11) is 0. The predicted molar refractivity (Wildman–Crippen MR) is 65.8 cm³/mol. The molecule has 0 spiro atoms. The lowest BCUT2D eigenvalue weighted by Crippen LogP contribution is -2.27. The van der Waals surface area contributed by atoms with E-state index < -0.39 is 0 Å². The van der Waals surface area contributed by atoms with Gasteiger partial charge in [0.1, 0.15) is 6.10 Å². The molecule has 0 aromatic carbocycles. The van der Waals surface area contributed by atoms with E-state index in [0.717, 1.165) is 24.8 Å². The molecule has 0 aromatic rings. The first-order valence-electron chi connectivity index (χ1n) is 5.72. The molecule has 0 aliphatic carbocycles. The number of allylic oxidation sites excluding steroid dienone is 3. The summed E-state index contributed by atoms with van der Waals surface area (Å²) in [6, 6.07) is 2.17. The molecule has 1 aliphatic rings. The van der Waals surface area contributed by atoms with Crippen LogP contribution in [0.3, 0.4) is 0 Å². The lowest BCUT2D eigenvalue weighted by Gasteiger charge is -2.26. The summed E-state index contributed by atoms with van der Waals surface area (Å²) in [6.45, 7) is 8.06. The molecule has 2 nitrogen and oxygen atoms in total. The van der Waals surface area contributed by atoms with Crippen LogP contribution in [0.4, 0.5) is 0 Å². The second-order valence-corrected chi connectivity index (χ2v) is 4.11. The third-order valence-electron chi connectivity index (χ3n) is 2.83. The maximum absolute atomic E-state index is 8.81. The van der Waals surface area contributed by atoms with E-state index >= 15 is 0 Å². The summed E-state index contributed by atoms with van der Waals surface area (Å²) in [4.78, 5) is 0. The largest absolute Gasteiger partial charge is 0.355 e. The molecule has 0 radical (unpaired) electrons. The van der Waals surface area contributed by atoms with Gasteiger partial charge in [0.05, 0.1) is 12.2 Å². The van der Waals surface area contributed by atoms with Crippen LogP contribution in [0, 0.1) is 11.3 Å². The zero-order chi connectivity index (χ0) is 12.0. The lowest BCUT2D eigenvalue weighted by molar-refractivity contribution is 0.00173. The highest BCUT2D eigenvalue weighted by Crippen LogP contribution is 2.23. The summed E-state index contributed by atoms with van der Waals surface area (Å²) in [5.74, 6) is 0. The van der Waals surface area contributed by atoms with Crippen LogP contribution < -0.4 is 0 Å². The van der Waals surface area contributed by atoms with E-state index in [4.69, 9.17) is 10.00 Å². The molecule has 2 atom stereocenters. The zero-order valence-electron chi connectivity index (χ0n) is 10.1. The Kier molecular flexibility index (Phi) is 5.01. The Morgan fingerprint density at radius 2 is 2.19 bits per heavy atom. The van der Waals surface area contributed by atoms with Crippen molar-refractivity contribution in [1.82, 2.24) is 0 Å². The molecule has 0 saturated carbocycles. The van der Waals surface area contributed by atoms with Gasteiger partial charge < -0.3 is 4.74 Å². The molecular formula is C14H19NO. The molecule has 86 valence electrons. The summed E-state index contributed by atoms with van der Waals surface area (Å²) >= 11 is 0. The molecule has 0 aromatic heterocycles. The van der Waals surface area contributed by atoms with Gasteiger partial charge in [0.15, 0.2) is 0 Å². The van der Waals surface area contributed by atoms with Crippen LogP contribution in [0.5, 0.6) is 0 Å². The fourth-order valence-corrected chi connectivity index (χ4v) is 1.63. The number of nitrogens with zero attached hydrogens (tertiary/aromatic N) is 1. The average molecular weight is 217 g/mol. The van der Waals surface area contributed by atoms with E-state index in [-0.39, 0.29) is 12.2 Å². The maximum Gasteiger partial charge on any atom is 0.144 e. The minimum Gasteiger partial charge on any atom is -0.355 e. The first-order chi connectivity index (χ1) is 7.67. The van der Waals surface area contributed by atoms with Crippen LogP contribution in [-0.2, 0) is 4.74 Å². The third-order valence-corrected chi connectivity index (χ3v) is 2.83. The van der Waals surface area contributed by atoms with Gasteiger partial charge in [-0.25, -0.2) is 0 Å². The molecule has 1 aliphatic heterocycles. The van der Waals surface area contributed by atoms with E-state index in [1.165, 1.54) is 5.57 Å². The van der Waals surface area contributed by atoms with Crippen LogP contribution in [0.2, 0.25) is 0 Å². The van der Waals surface area contributed by atoms with Gasteiger partial charge in [0, 0.05) is 0 Å². The van der Waals surface area contributed by atoms with Gasteiger partial charge in [0.2, 0.25) is 0 Å². The summed E-state index contributed by atoms with van der Waals surface area (Å²) in [5, 5.41) is 8.81. The van der Waals surface area contributed by atoms with E-state index in [9.17, 15) is 0 Å². The fourth-order valence-electron chi connectivity index (χ4n) is 1.63. The molecule has 1 rings (SSSR count). The van der Waals surface area contributed by atoms with Crippen molar-refractivity contribution < 1.29 is 4.74 Å². The molecule has 1 heterocycles. The smallest absolute Gasteiger partial charge is 0.144 e. The molecule has 16 heavy (non-hydrogen) atoms. The normalized spacial score (nSPS) is 26.7. The Labute approximate surface area is 97.9 Å². The first-order valence-corrected chi connectivity index (χ1v) is 5.72. The van der Waals surface area contributed by atoms with Crippen molar-refractivity contribution in [2.75, 3.05) is 0 Å². The highest BCUT2D eigenvalue weighted by atomic mass is 16.5. The number of hydrogen-bond acceptors (Lipinski definition) is 2. The Morgan fingerprint density at radius 1 is 1.44 bits per heavy atom. The Hall–Kier alpha value is -1.33. The monoisotopic (exact) mass is 217 g/mol. The highest BCUT2D eigenvalue weighted by Gasteiger charge is 2.22. The van der Waals surface area contributed by atoms with E-state index in [0.29, 0.717) is 0 Å². The molecule has 2 unspecified atom stereocenters. The van der Waals surface area contributed by atoms with Gasteiger partial charge in [-0.3, -0.25) is 0 Å². The van der Waals surface area contributed by atoms with Crippen molar-refractivity contribution in [1.29, 1.82) is 5.26 Å². The molecule has 0 bridgehead atoms. The van der Waals surface area contributed by atoms with Crippen molar-refractivity contribution in [3.8, 4) is 6.07 Å². The quantitative estimate of drug-likeness (QED) is 0.677. The molecule has 0 N–H and O–H groups in total. The van der Waals surface area contributed by atoms with Crippen LogP contribution in [-0.4, -0.2) is 12.2 Å². The first kappa shape index (κ1) is 12.7. The molecule has 2 heteroatoms. The summed E-state index contributed by atoms with van der Waals surface area (Å²) in [6.07, 6.45) is 8.67. The third kappa shape index (κ3) is 3.67. The predicted octanol–water partition coefficient (Wildman–Crippen LogP) is 3.53. The van der Waals surface area contributed by atoms with Crippen LogP contribution in [0.15, 0.2) is 36.0 Å². The highest BCUT2D eigenvalue weighted by molar-refractivity contribution is 5.27. The minimum absolute atomic E-state index is 0.0132. The van der Waals surface area contributed by atoms with E-state index in [1.807, 2.05) is 32.1 Å². The van der Waals surface area contributed by atoms with Crippen LogP contribution in [0.25, 0.3) is 0 Å². The van der Waals surface area contributed by atoms with Gasteiger partial charge in [-0.05, 0) is 38.7 Å².